The van der Waals surface area contributed by atoms with Gasteiger partial charge >= 0.3 is 0 Å². The average Bonchev–Trinajstić information content (AvgIpc) is 3.02. The SMILES string of the molecule is CCSCCC(=O)N(C)Cc1ccccc1N1CCCC1. The van der Waals surface area contributed by atoms with Crippen molar-refractivity contribution in [2.24, 2.45) is 0 Å². The summed E-state index contributed by atoms with van der Waals surface area (Å²) in [6.45, 7) is 5.12. The molecule has 116 valence electrons. The van der Waals surface area contributed by atoms with Crippen LogP contribution < -0.4 is 4.90 Å². The van der Waals surface area contributed by atoms with Crippen molar-refractivity contribution >= 4 is 23.4 Å². The third-order valence-electron chi connectivity index (χ3n) is 3.94. The molecule has 1 aliphatic heterocycles. The van der Waals surface area contributed by atoms with E-state index in [0.717, 1.165) is 24.6 Å². The summed E-state index contributed by atoms with van der Waals surface area (Å²) in [5, 5.41) is 0. The largest absolute Gasteiger partial charge is 0.371 e. The minimum atomic E-state index is 0.243. The highest BCUT2D eigenvalue weighted by Crippen LogP contribution is 2.25. The molecule has 0 spiro atoms. The molecule has 0 aliphatic carbocycles. The summed E-state index contributed by atoms with van der Waals surface area (Å²) >= 11 is 1.83. The quantitative estimate of drug-likeness (QED) is 0.722. The molecule has 0 N–H and O–H groups in total. The van der Waals surface area contributed by atoms with E-state index in [1.165, 1.54) is 24.1 Å². The van der Waals surface area contributed by atoms with E-state index in [9.17, 15) is 4.79 Å². The van der Waals surface area contributed by atoms with Gasteiger partial charge in [-0.2, -0.15) is 11.8 Å². The molecule has 0 saturated carbocycles. The Hall–Kier alpha value is -1.16. The van der Waals surface area contributed by atoms with Crippen molar-refractivity contribution in [3.05, 3.63) is 29.8 Å². The van der Waals surface area contributed by atoms with Crippen LogP contribution in [0.4, 0.5) is 5.69 Å². The van der Waals surface area contributed by atoms with Crippen LogP contribution in [-0.2, 0) is 11.3 Å². The third kappa shape index (κ3) is 4.67. The fourth-order valence-corrected chi connectivity index (χ4v) is 3.36. The molecule has 1 heterocycles. The van der Waals surface area contributed by atoms with Gasteiger partial charge in [-0.25, -0.2) is 0 Å². The monoisotopic (exact) mass is 306 g/mol. The highest BCUT2D eigenvalue weighted by atomic mass is 32.2. The van der Waals surface area contributed by atoms with Crippen LogP contribution in [0.1, 0.15) is 31.7 Å². The number of benzene rings is 1. The zero-order valence-corrected chi connectivity index (χ0v) is 14.0. The van der Waals surface area contributed by atoms with Crippen LogP contribution in [0.2, 0.25) is 0 Å². The number of para-hydroxylation sites is 1. The predicted molar refractivity (Wildman–Crippen MR) is 92.0 cm³/mol. The summed E-state index contributed by atoms with van der Waals surface area (Å²) in [6.07, 6.45) is 3.19. The van der Waals surface area contributed by atoms with Gasteiger partial charge in [-0.15, -0.1) is 0 Å². The van der Waals surface area contributed by atoms with E-state index in [1.54, 1.807) is 0 Å². The lowest BCUT2D eigenvalue weighted by molar-refractivity contribution is -0.129. The summed E-state index contributed by atoms with van der Waals surface area (Å²) < 4.78 is 0. The number of amides is 1. The van der Waals surface area contributed by atoms with Crippen LogP contribution in [0, 0.1) is 0 Å². The molecule has 3 nitrogen and oxygen atoms in total. The van der Waals surface area contributed by atoms with Gasteiger partial charge in [0.15, 0.2) is 0 Å². The second-order valence-electron chi connectivity index (χ2n) is 5.52. The maximum atomic E-state index is 12.2. The summed E-state index contributed by atoms with van der Waals surface area (Å²) in [5.74, 6) is 2.24. The fraction of sp³-hybridized carbons (Fsp3) is 0.588. The molecule has 21 heavy (non-hydrogen) atoms. The van der Waals surface area contributed by atoms with E-state index >= 15 is 0 Å². The average molecular weight is 306 g/mol. The minimum Gasteiger partial charge on any atom is -0.371 e. The predicted octanol–water partition coefficient (Wildman–Crippen LogP) is 3.39. The van der Waals surface area contributed by atoms with Crippen LogP contribution in [0.15, 0.2) is 24.3 Å². The van der Waals surface area contributed by atoms with Gasteiger partial charge < -0.3 is 9.80 Å². The standard InChI is InChI=1S/C17H26N2OS/c1-3-21-13-10-17(20)18(2)14-15-8-4-5-9-16(15)19-11-6-7-12-19/h4-5,8-9H,3,6-7,10-14H2,1-2H3. The number of rotatable bonds is 7. The lowest BCUT2D eigenvalue weighted by Crippen LogP contribution is -2.28. The van der Waals surface area contributed by atoms with E-state index in [2.05, 4.69) is 36.1 Å². The second-order valence-corrected chi connectivity index (χ2v) is 6.91. The van der Waals surface area contributed by atoms with Crippen LogP contribution >= 0.6 is 11.8 Å². The Kier molecular flexibility index (Phi) is 6.43. The van der Waals surface area contributed by atoms with Crippen molar-refractivity contribution in [2.45, 2.75) is 32.7 Å². The molecule has 0 bridgehead atoms. The number of hydrogen-bond donors (Lipinski definition) is 0. The molecule has 0 radical (unpaired) electrons. The van der Waals surface area contributed by atoms with Crippen molar-refractivity contribution in [3.63, 3.8) is 0 Å². The normalized spacial score (nSPS) is 14.5. The molecule has 0 atom stereocenters. The number of carbonyl (C=O) groups excluding carboxylic acids is 1. The Morgan fingerprint density at radius 2 is 2.00 bits per heavy atom. The Balaban J connectivity index is 1.96. The smallest absolute Gasteiger partial charge is 0.223 e. The van der Waals surface area contributed by atoms with E-state index < -0.39 is 0 Å². The van der Waals surface area contributed by atoms with Crippen LogP contribution in [0.5, 0.6) is 0 Å². The van der Waals surface area contributed by atoms with E-state index in [0.29, 0.717) is 13.0 Å². The summed E-state index contributed by atoms with van der Waals surface area (Å²) in [4.78, 5) is 16.5. The number of hydrogen-bond acceptors (Lipinski definition) is 3. The first-order valence-electron chi connectivity index (χ1n) is 7.87. The van der Waals surface area contributed by atoms with Crippen LogP contribution in [0.25, 0.3) is 0 Å². The van der Waals surface area contributed by atoms with Crippen molar-refractivity contribution < 1.29 is 4.79 Å². The number of thioether (sulfide) groups is 1. The number of nitrogens with zero attached hydrogens (tertiary/aromatic N) is 2. The van der Waals surface area contributed by atoms with Crippen molar-refractivity contribution in [3.8, 4) is 0 Å². The minimum absolute atomic E-state index is 0.243. The number of anilines is 1. The van der Waals surface area contributed by atoms with Crippen molar-refractivity contribution in [1.29, 1.82) is 0 Å². The first-order valence-corrected chi connectivity index (χ1v) is 9.02. The molecule has 0 aromatic heterocycles. The maximum absolute atomic E-state index is 12.2. The Labute approximate surface area is 132 Å². The number of carbonyl (C=O) groups is 1. The maximum Gasteiger partial charge on any atom is 0.223 e. The van der Waals surface area contributed by atoms with Gasteiger partial charge in [0.25, 0.3) is 0 Å². The topological polar surface area (TPSA) is 23.6 Å². The van der Waals surface area contributed by atoms with Crippen LogP contribution in [-0.4, -0.2) is 42.4 Å². The van der Waals surface area contributed by atoms with Crippen molar-refractivity contribution in [2.75, 3.05) is 36.5 Å². The van der Waals surface area contributed by atoms with Gasteiger partial charge in [0.2, 0.25) is 5.91 Å². The van der Waals surface area contributed by atoms with Gasteiger partial charge in [-0.05, 0) is 30.2 Å². The highest BCUT2D eigenvalue weighted by molar-refractivity contribution is 7.99. The lowest BCUT2D eigenvalue weighted by Gasteiger charge is -2.24. The summed E-state index contributed by atoms with van der Waals surface area (Å²) in [6, 6.07) is 8.50. The molecule has 1 amide bonds. The molecule has 1 aliphatic rings. The van der Waals surface area contributed by atoms with E-state index in [-0.39, 0.29) is 5.91 Å². The first-order chi connectivity index (χ1) is 10.2. The molecular formula is C17H26N2OS. The highest BCUT2D eigenvalue weighted by Gasteiger charge is 2.17. The molecule has 1 fully saturated rings. The lowest BCUT2D eigenvalue weighted by atomic mass is 10.1. The Morgan fingerprint density at radius 1 is 1.29 bits per heavy atom. The van der Waals surface area contributed by atoms with E-state index in [4.69, 9.17) is 0 Å². The summed E-state index contributed by atoms with van der Waals surface area (Å²) in [7, 11) is 1.92. The molecule has 4 heteroatoms. The molecule has 1 saturated heterocycles. The van der Waals surface area contributed by atoms with Crippen molar-refractivity contribution in [1.82, 2.24) is 4.90 Å². The summed E-state index contributed by atoms with van der Waals surface area (Å²) in [5.41, 5.74) is 2.57. The molecule has 1 aromatic rings. The fourth-order valence-electron chi connectivity index (χ4n) is 2.75. The van der Waals surface area contributed by atoms with Crippen LogP contribution in [0.3, 0.4) is 0 Å². The van der Waals surface area contributed by atoms with Gasteiger partial charge in [0, 0.05) is 44.5 Å². The third-order valence-corrected chi connectivity index (χ3v) is 4.84. The molecular weight excluding hydrogens is 280 g/mol. The van der Waals surface area contributed by atoms with Gasteiger partial charge in [0.1, 0.15) is 0 Å². The molecule has 2 rings (SSSR count). The van der Waals surface area contributed by atoms with Gasteiger partial charge in [0.05, 0.1) is 0 Å². The van der Waals surface area contributed by atoms with Gasteiger partial charge in [-0.1, -0.05) is 25.1 Å². The van der Waals surface area contributed by atoms with Gasteiger partial charge in [-0.3, -0.25) is 4.79 Å². The zero-order chi connectivity index (χ0) is 15.1. The molecule has 0 unspecified atom stereocenters. The zero-order valence-electron chi connectivity index (χ0n) is 13.2. The Bertz CT molecular complexity index is 458. The first kappa shape index (κ1) is 16.2. The second kappa shape index (κ2) is 8.32. The molecule has 1 aromatic carbocycles. The van der Waals surface area contributed by atoms with E-state index in [1.807, 2.05) is 23.7 Å². The Morgan fingerprint density at radius 3 is 2.71 bits per heavy atom.